The average molecular weight is 299 g/mol. The van der Waals surface area contributed by atoms with Crippen molar-refractivity contribution in [1.29, 1.82) is 0 Å². The minimum Gasteiger partial charge on any atom is -0.481 e. The van der Waals surface area contributed by atoms with Crippen LogP contribution in [-0.2, 0) is 17.9 Å². The van der Waals surface area contributed by atoms with Crippen molar-refractivity contribution >= 4 is 5.91 Å². The van der Waals surface area contributed by atoms with Gasteiger partial charge in [0.1, 0.15) is 5.75 Å². The summed E-state index contributed by atoms with van der Waals surface area (Å²) in [5.74, 6) is 0.405. The van der Waals surface area contributed by atoms with Gasteiger partial charge in [0.2, 0.25) is 0 Å². The lowest BCUT2D eigenvalue weighted by Gasteiger charge is -2.15. The molecule has 2 aromatic rings. The molecule has 1 atom stereocenters. The maximum absolute atomic E-state index is 12.1. The van der Waals surface area contributed by atoms with E-state index in [1.807, 2.05) is 31.2 Å². The van der Waals surface area contributed by atoms with Crippen LogP contribution in [0.2, 0.25) is 0 Å². The van der Waals surface area contributed by atoms with Crippen molar-refractivity contribution in [2.45, 2.75) is 33.1 Å². The smallest absolute Gasteiger partial charge is 0.261 e. The minimum absolute atomic E-state index is 0.0505. The summed E-state index contributed by atoms with van der Waals surface area (Å²) in [7, 11) is 0. The molecule has 0 aliphatic heterocycles. The maximum atomic E-state index is 12.1. The van der Waals surface area contributed by atoms with E-state index in [4.69, 9.17) is 9.84 Å². The maximum Gasteiger partial charge on any atom is 0.261 e. The molecule has 0 saturated carbocycles. The zero-order chi connectivity index (χ0) is 15.9. The molecule has 4 nitrogen and oxygen atoms in total. The second-order valence-corrected chi connectivity index (χ2v) is 5.21. The molecule has 0 heterocycles. The number of aliphatic hydroxyl groups excluding tert-OH is 1. The van der Waals surface area contributed by atoms with Gasteiger partial charge in [0, 0.05) is 6.54 Å². The Morgan fingerprint density at radius 1 is 1.23 bits per heavy atom. The van der Waals surface area contributed by atoms with Gasteiger partial charge in [0.25, 0.3) is 5.91 Å². The first-order valence-electron chi connectivity index (χ1n) is 7.29. The highest BCUT2D eigenvalue weighted by Crippen LogP contribution is 2.15. The highest BCUT2D eigenvalue weighted by Gasteiger charge is 2.14. The molecule has 2 aromatic carbocycles. The number of rotatable bonds is 6. The lowest BCUT2D eigenvalue weighted by molar-refractivity contribution is -0.127. The van der Waals surface area contributed by atoms with Crippen molar-refractivity contribution in [1.82, 2.24) is 5.32 Å². The van der Waals surface area contributed by atoms with Crippen LogP contribution in [0.1, 0.15) is 23.6 Å². The fraction of sp³-hybridized carbons (Fsp3) is 0.278. The van der Waals surface area contributed by atoms with Crippen molar-refractivity contribution in [3.63, 3.8) is 0 Å². The first kappa shape index (κ1) is 16.0. The van der Waals surface area contributed by atoms with Crippen molar-refractivity contribution in [2.75, 3.05) is 0 Å². The van der Waals surface area contributed by atoms with Gasteiger partial charge in [-0.05, 0) is 42.7 Å². The Bertz CT molecular complexity index is 640. The van der Waals surface area contributed by atoms with E-state index in [0.29, 0.717) is 12.3 Å². The Kier molecular flexibility index (Phi) is 5.55. The van der Waals surface area contributed by atoms with Crippen LogP contribution in [0, 0.1) is 6.92 Å². The molecular formula is C18H21NO3. The highest BCUT2D eigenvalue weighted by molar-refractivity contribution is 5.80. The van der Waals surface area contributed by atoms with E-state index in [1.54, 1.807) is 31.2 Å². The van der Waals surface area contributed by atoms with Crippen LogP contribution in [0.5, 0.6) is 5.75 Å². The first-order valence-corrected chi connectivity index (χ1v) is 7.29. The Labute approximate surface area is 130 Å². The molecule has 2 N–H and O–H groups in total. The molecule has 4 heteroatoms. The van der Waals surface area contributed by atoms with E-state index in [9.17, 15) is 4.79 Å². The normalized spacial score (nSPS) is 11.8. The number of carbonyl (C=O) groups excluding carboxylic acids is 1. The van der Waals surface area contributed by atoms with E-state index in [0.717, 1.165) is 16.7 Å². The number of aryl methyl sites for hydroxylation is 1. The zero-order valence-corrected chi connectivity index (χ0v) is 12.9. The predicted octanol–water partition coefficient (Wildman–Crippen LogP) is 2.57. The fourth-order valence-electron chi connectivity index (χ4n) is 2.11. The van der Waals surface area contributed by atoms with Crippen LogP contribution >= 0.6 is 0 Å². The number of hydrogen-bond acceptors (Lipinski definition) is 3. The van der Waals surface area contributed by atoms with Gasteiger partial charge in [0.15, 0.2) is 6.10 Å². The number of carbonyl (C=O) groups is 1. The molecule has 0 aliphatic rings. The molecule has 116 valence electrons. The van der Waals surface area contributed by atoms with Crippen LogP contribution in [0.15, 0.2) is 48.5 Å². The molecule has 0 aliphatic carbocycles. The number of nitrogens with one attached hydrogen (secondary N) is 1. The van der Waals surface area contributed by atoms with E-state index >= 15 is 0 Å². The molecule has 0 radical (unpaired) electrons. The fourth-order valence-corrected chi connectivity index (χ4v) is 2.11. The van der Waals surface area contributed by atoms with Gasteiger partial charge in [-0.2, -0.15) is 0 Å². The van der Waals surface area contributed by atoms with Crippen molar-refractivity contribution in [3.05, 3.63) is 65.2 Å². The van der Waals surface area contributed by atoms with Gasteiger partial charge >= 0.3 is 0 Å². The van der Waals surface area contributed by atoms with Gasteiger partial charge in [-0.15, -0.1) is 0 Å². The van der Waals surface area contributed by atoms with Gasteiger partial charge < -0.3 is 15.2 Å². The minimum atomic E-state index is -0.599. The van der Waals surface area contributed by atoms with Gasteiger partial charge in [-0.1, -0.05) is 36.4 Å². The number of hydrogen-bond donors (Lipinski definition) is 2. The predicted molar refractivity (Wildman–Crippen MR) is 85.5 cm³/mol. The van der Waals surface area contributed by atoms with Crippen molar-refractivity contribution < 1.29 is 14.6 Å². The number of ether oxygens (including phenoxy) is 1. The summed E-state index contributed by atoms with van der Waals surface area (Å²) < 4.78 is 5.61. The second kappa shape index (κ2) is 7.61. The van der Waals surface area contributed by atoms with Crippen LogP contribution in [-0.4, -0.2) is 17.1 Å². The molecule has 2 rings (SSSR count). The monoisotopic (exact) mass is 299 g/mol. The second-order valence-electron chi connectivity index (χ2n) is 5.21. The Balaban J connectivity index is 1.90. The lowest BCUT2D eigenvalue weighted by atomic mass is 10.1. The molecule has 0 spiro atoms. The zero-order valence-electron chi connectivity index (χ0n) is 12.9. The summed E-state index contributed by atoms with van der Waals surface area (Å²) in [5.41, 5.74) is 2.99. The summed E-state index contributed by atoms with van der Waals surface area (Å²) in [4.78, 5) is 12.1. The van der Waals surface area contributed by atoms with Crippen LogP contribution in [0.25, 0.3) is 0 Å². The lowest BCUT2D eigenvalue weighted by Crippen LogP contribution is -2.36. The van der Waals surface area contributed by atoms with Gasteiger partial charge in [-0.3, -0.25) is 4.79 Å². The van der Waals surface area contributed by atoms with Gasteiger partial charge in [0.05, 0.1) is 6.61 Å². The Morgan fingerprint density at radius 2 is 2.00 bits per heavy atom. The van der Waals surface area contributed by atoms with E-state index in [-0.39, 0.29) is 12.5 Å². The van der Waals surface area contributed by atoms with E-state index < -0.39 is 6.10 Å². The molecule has 1 unspecified atom stereocenters. The molecular weight excluding hydrogens is 278 g/mol. The standard InChI is InChI=1S/C18H21NO3/c1-13-6-3-4-8-16(13)11-19-18(21)14(2)22-17-9-5-7-15(10-17)12-20/h3-10,14,20H,11-12H2,1-2H3,(H,19,21). The molecule has 0 saturated heterocycles. The quantitative estimate of drug-likeness (QED) is 0.862. The molecule has 0 bridgehead atoms. The average Bonchev–Trinajstić information content (AvgIpc) is 2.54. The van der Waals surface area contributed by atoms with Crippen LogP contribution in [0.4, 0.5) is 0 Å². The van der Waals surface area contributed by atoms with E-state index in [1.165, 1.54) is 0 Å². The largest absolute Gasteiger partial charge is 0.481 e. The summed E-state index contributed by atoms with van der Waals surface area (Å²) in [6.07, 6.45) is -0.599. The van der Waals surface area contributed by atoms with Gasteiger partial charge in [-0.25, -0.2) is 0 Å². The number of amides is 1. The number of aliphatic hydroxyl groups is 1. The van der Waals surface area contributed by atoms with Crippen LogP contribution < -0.4 is 10.1 Å². The Hall–Kier alpha value is -2.33. The molecule has 22 heavy (non-hydrogen) atoms. The Morgan fingerprint density at radius 3 is 2.73 bits per heavy atom. The summed E-state index contributed by atoms with van der Waals surface area (Å²) >= 11 is 0. The third-order valence-corrected chi connectivity index (χ3v) is 3.48. The SMILES string of the molecule is Cc1ccccc1CNC(=O)C(C)Oc1cccc(CO)c1. The molecule has 0 aromatic heterocycles. The van der Waals surface area contributed by atoms with Crippen molar-refractivity contribution in [3.8, 4) is 5.75 Å². The molecule has 1 amide bonds. The third kappa shape index (κ3) is 4.33. The summed E-state index contributed by atoms with van der Waals surface area (Å²) in [5, 5.41) is 12.0. The first-order chi connectivity index (χ1) is 10.6. The molecule has 0 fully saturated rings. The highest BCUT2D eigenvalue weighted by atomic mass is 16.5. The topological polar surface area (TPSA) is 58.6 Å². The van der Waals surface area contributed by atoms with Crippen LogP contribution in [0.3, 0.4) is 0 Å². The van der Waals surface area contributed by atoms with E-state index in [2.05, 4.69) is 5.32 Å². The third-order valence-electron chi connectivity index (χ3n) is 3.48. The summed E-state index contributed by atoms with van der Waals surface area (Å²) in [6, 6.07) is 15.0. The summed E-state index contributed by atoms with van der Waals surface area (Å²) in [6.45, 7) is 4.15. The number of benzene rings is 2. The van der Waals surface area contributed by atoms with Crippen molar-refractivity contribution in [2.24, 2.45) is 0 Å².